The largest absolute Gasteiger partial charge is 0.491 e. The van der Waals surface area contributed by atoms with Gasteiger partial charge in [-0.3, -0.25) is 9.59 Å². The maximum atomic E-state index is 12.5. The van der Waals surface area contributed by atoms with Crippen LogP contribution in [-0.2, 0) is 9.59 Å². The molecule has 1 aliphatic heterocycles. The summed E-state index contributed by atoms with van der Waals surface area (Å²) in [5.74, 6) is 0.495. The summed E-state index contributed by atoms with van der Waals surface area (Å²) in [4.78, 5) is 25.0. The molecule has 0 N–H and O–H groups in total. The highest BCUT2D eigenvalue weighted by Gasteiger charge is 2.59. The van der Waals surface area contributed by atoms with Crippen LogP contribution in [0.5, 0.6) is 5.75 Å². The highest BCUT2D eigenvalue weighted by molar-refractivity contribution is 6.06. The van der Waals surface area contributed by atoms with Gasteiger partial charge in [-0.05, 0) is 61.9 Å². The minimum atomic E-state index is -0.202. The molecule has 2 amide bonds. The lowest BCUT2D eigenvalue weighted by molar-refractivity contribution is -0.140. The van der Waals surface area contributed by atoms with E-state index in [0.29, 0.717) is 0 Å². The van der Waals surface area contributed by atoms with E-state index < -0.39 is 0 Å². The first-order chi connectivity index (χ1) is 11.5. The number of rotatable bonds is 4. The van der Waals surface area contributed by atoms with Gasteiger partial charge in [0.05, 0.1) is 24.2 Å². The van der Waals surface area contributed by atoms with Crippen LogP contribution >= 0.6 is 0 Å². The van der Waals surface area contributed by atoms with Gasteiger partial charge in [0.2, 0.25) is 0 Å². The predicted octanol–water partition coefficient (Wildman–Crippen LogP) is 2.61. The second kappa shape index (κ2) is 5.58. The van der Waals surface area contributed by atoms with E-state index in [0.717, 1.165) is 22.7 Å². The Labute approximate surface area is 141 Å². The zero-order valence-corrected chi connectivity index (χ0v) is 13.8. The van der Waals surface area contributed by atoms with Gasteiger partial charge in [-0.25, -0.2) is 0 Å². The number of fused-ring (bicyclic) bond motifs is 5. The molecule has 5 nitrogen and oxygen atoms in total. The molecule has 1 saturated carbocycles. The summed E-state index contributed by atoms with van der Waals surface area (Å²) in [6.45, 7) is 3.94. The molecule has 4 atom stereocenters. The van der Waals surface area contributed by atoms with E-state index in [1.54, 1.807) is 6.21 Å². The number of carbonyl (C=O) groups excluding carboxylic acids is 2. The van der Waals surface area contributed by atoms with Gasteiger partial charge in [-0.2, -0.15) is 10.1 Å². The minimum absolute atomic E-state index is 0.118. The highest BCUT2D eigenvalue weighted by atomic mass is 16.5. The summed E-state index contributed by atoms with van der Waals surface area (Å²) in [5.41, 5.74) is 0.824. The molecule has 2 fully saturated rings. The molecule has 2 aliphatic carbocycles. The molecule has 1 aromatic rings. The third-order valence-electron chi connectivity index (χ3n) is 5.02. The molecule has 0 aromatic heterocycles. The van der Waals surface area contributed by atoms with Crippen LogP contribution in [-0.4, -0.2) is 29.1 Å². The van der Waals surface area contributed by atoms with Crippen LogP contribution in [0.2, 0.25) is 0 Å². The molecule has 2 bridgehead atoms. The molecular weight excluding hydrogens is 304 g/mol. The normalized spacial score (nSPS) is 30.9. The van der Waals surface area contributed by atoms with E-state index in [2.05, 4.69) is 17.3 Å². The number of carbonyl (C=O) groups is 2. The van der Waals surface area contributed by atoms with Crippen LogP contribution in [0.25, 0.3) is 0 Å². The maximum absolute atomic E-state index is 12.5. The molecule has 0 spiro atoms. The van der Waals surface area contributed by atoms with E-state index in [-0.39, 0.29) is 41.6 Å². The van der Waals surface area contributed by atoms with Gasteiger partial charge in [0.25, 0.3) is 11.8 Å². The predicted molar refractivity (Wildman–Crippen MR) is 89.4 cm³/mol. The van der Waals surface area contributed by atoms with Gasteiger partial charge < -0.3 is 4.74 Å². The van der Waals surface area contributed by atoms with E-state index in [1.165, 1.54) is 0 Å². The molecule has 124 valence electrons. The molecule has 24 heavy (non-hydrogen) atoms. The lowest BCUT2D eigenvalue weighted by atomic mass is 9.85. The summed E-state index contributed by atoms with van der Waals surface area (Å²) < 4.78 is 5.59. The Morgan fingerprint density at radius 1 is 1.08 bits per heavy atom. The highest BCUT2D eigenvalue weighted by Crippen LogP contribution is 2.52. The second-order valence-electron chi connectivity index (χ2n) is 6.97. The lowest BCUT2D eigenvalue weighted by Gasteiger charge is -2.13. The molecule has 1 aromatic carbocycles. The number of hydrogen-bond acceptors (Lipinski definition) is 4. The van der Waals surface area contributed by atoms with Crippen LogP contribution in [0.15, 0.2) is 41.5 Å². The molecular formula is C19H20N2O3. The Hall–Kier alpha value is -2.43. The Balaban J connectivity index is 1.48. The molecule has 4 rings (SSSR count). The molecule has 5 heteroatoms. The number of benzene rings is 1. The van der Waals surface area contributed by atoms with Crippen LogP contribution in [0.1, 0.15) is 25.8 Å². The third-order valence-corrected chi connectivity index (χ3v) is 5.02. The van der Waals surface area contributed by atoms with Crippen LogP contribution in [0.4, 0.5) is 0 Å². The van der Waals surface area contributed by atoms with Crippen molar-refractivity contribution in [2.45, 2.75) is 26.4 Å². The van der Waals surface area contributed by atoms with Crippen molar-refractivity contribution in [3.8, 4) is 5.75 Å². The Kier molecular flexibility index (Phi) is 3.52. The first kappa shape index (κ1) is 15.1. The number of nitrogens with zero attached hydrogens (tertiary/aromatic N) is 2. The minimum Gasteiger partial charge on any atom is -0.491 e. The van der Waals surface area contributed by atoms with Gasteiger partial charge >= 0.3 is 0 Å². The number of hydrazone groups is 1. The Morgan fingerprint density at radius 3 is 2.21 bits per heavy atom. The van der Waals surface area contributed by atoms with Crippen LogP contribution in [0, 0.1) is 23.7 Å². The fraction of sp³-hybridized carbons (Fsp3) is 0.421. The summed E-state index contributed by atoms with van der Waals surface area (Å²) >= 11 is 0. The van der Waals surface area contributed by atoms with Crippen molar-refractivity contribution in [3.63, 3.8) is 0 Å². The summed E-state index contributed by atoms with van der Waals surface area (Å²) in [6, 6.07) is 7.43. The number of amides is 2. The van der Waals surface area contributed by atoms with Gasteiger partial charge in [0, 0.05) is 0 Å². The van der Waals surface area contributed by atoms with Gasteiger partial charge in [0.1, 0.15) is 5.75 Å². The SMILES string of the molecule is CC(C)Oc1ccc(C=NN2C(=O)[C@@H]3[C@H](C2=O)[C@H]2C=C[C@H]3C2)cc1. The molecule has 1 heterocycles. The standard InChI is InChI=1S/C19H20N2O3/c1-11(2)24-15-7-3-12(4-8-15)10-20-21-18(22)16-13-5-6-14(9-13)17(16)19(21)23/h3-8,10-11,13-14,16-17H,9H2,1-2H3/t13-,14-,16-,17+/m0/s1. The van der Waals surface area contributed by atoms with Crippen molar-refractivity contribution in [3.05, 3.63) is 42.0 Å². The number of ether oxygens (including phenoxy) is 1. The number of allylic oxidation sites excluding steroid dienone is 2. The second-order valence-corrected chi connectivity index (χ2v) is 6.97. The first-order valence-corrected chi connectivity index (χ1v) is 8.41. The average Bonchev–Trinajstić information content (AvgIpc) is 3.22. The number of imide groups is 1. The maximum Gasteiger partial charge on any atom is 0.254 e. The quantitative estimate of drug-likeness (QED) is 0.486. The van der Waals surface area contributed by atoms with Crippen LogP contribution in [0.3, 0.4) is 0 Å². The number of hydrogen-bond donors (Lipinski definition) is 0. The molecule has 1 saturated heterocycles. The summed E-state index contributed by atoms with van der Waals surface area (Å²) in [6.07, 6.45) is 6.77. The van der Waals surface area contributed by atoms with E-state index >= 15 is 0 Å². The van der Waals surface area contributed by atoms with E-state index in [9.17, 15) is 9.59 Å². The summed E-state index contributed by atoms with van der Waals surface area (Å²) in [7, 11) is 0. The van der Waals surface area contributed by atoms with Gasteiger partial charge in [0.15, 0.2) is 0 Å². The lowest BCUT2D eigenvalue weighted by Crippen LogP contribution is -2.28. The van der Waals surface area contributed by atoms with Crippen molar-refractivity contribution in [2.75, 3.05) is 0 Å². The Morgan fingerprint density at radius 2 is 1.67 bits per heavy atom. The third kappa shape index (κ3) is 2.35. The van der Waals surface area contributed by atoms with E-state index in [1.807, 2.05) is 38.1 Å². The monoisotopic (exact) mass is 324 g/mol. The van der Waals surface area contributed by atoms with E-state index in [4.69, 9.17) is 4.74 Å². The Bertz CT molecular complexity index is 705. The van der Waals surface area contributed by atoms with Crippen molar-refractivity contribution in [1.29, 1.82) is 0 Å². The van der Waals surface area contributed by atoms with Crippen LogP contribution < -0.4 is 4.74 Å². The first-order valence-electron chi connectivity index (χ1n) is 8.41. The van der Waals surface area contributed by atoms with Crippen molar-refractivity contribution >= 4 is 18.0 Å². The smallest absolute Gasteiger partial charge is 0.254 e. The molecule has 0 unspecified atom stereocenters. The fourth-order valence-electron chi connectivity index (χ4n) is 4.03. The molecule has 0 radical (unpaired) electrons. The average molecular weight is 324 g/mol. The van der Waals surface area contributed by atoms with Crippen molar-refractivity contribution in [2.24, 2.45) is 28.8 Å². The fourth-order valence-corrected chi connectivity index (χ4v) is 4.03. The van der Waals surface area contributed by atoms with Gasteiger partial charge in [-0.15, -0.1) is 0 Å². The topological polar surface area (TPSA) is 59.0 Å². The zero-order valence-electron chi connectivity index (χ0n) is 13.8. The van der Waals surface area contributed by atoms with Crippen molar-refractivity contribution in [1.82, 2.24) is 5.01 Å². The van der Waals surface area contributed by atoms with Crippen molar-refractivity contribution < 1.29 is 14.3 Å². The zero-order chi connectivity index (χ0) is 16.8. The molecule has 3 aliphatic rings. The summed E-state index contributed by atoms with van der Waals surface area (Å²) in [5, 5.41) is 5.24. The van der Waals surface area contributed by atoms with Gasteiger partial charge in [-0.1, -0.05) is 12.2 Å².